The van der Waals surface area contributed by atoms with Gasteiger partial charge in [0.25, 0.3) is 0 Å². The molecule has 10 heteroatoms. The van der Waals surface area contributed by atoms with Crippen molar-refractivity contribution in [1.82, 2.24) is 15.1 Å². The number of ketones is 1. The molecular weight excluding hydrogens is 442 g/mol. The van der Waals surface area contributed by atoms with Gasteiger partial charge in [0.2, 0.25) is 0 Å². The van der Waals surface area contributed by atoms with E-state index in [4.69, 9.17) is 4.74 Å². The summed E-state index contributed by atoms with van der Waals surface area (Å²) in [6, 6.07) is 0.807. The number of alkyl halides is 3. The van der Waals surface area contributed by atoms with Crippen LogP contribution in [0.1, 0.15) is 73.2 Å². The van der Waals surface area contributed by atoms with Crippen LogP contribution in [0.15, 0.2) is 24.0 Å². The summed E-state index contributed by atoms with van der Waals surface area (Å²) < 4.78 is 60.9. The summed E-state index contributed by atoms with van der Waals surface area (Å²) in [5, 5.41) is 6.30. The van der Waals surface area contributed by atoms with E-state index in [9.17, 15) is 27.2 Å². The van der Waals surface area contributed by atoms with Gasteiger partial charge >= 0.3 is 12.3 Å². The van der Waals surface area contributed by atoms with E-state index in [1.807, 2.05) is 13.8 Å². The van der Waals surface area contributed by atoms with Crippen molar-refractivity contribution in [2.45, 2.75) is 85.7 Å². The molecule has 33 heavy (non-hydrogen) atoms. The maximum Gasteiger partial charge on any atom is 0.435 e. The molecule has 1 rings (SSSR count). The minimum absolute atomic E-state index is 0.0295. The number of nitrogens with zero attached hydrogens (tertiary/aromatic N) is 2. The third-order valence-electron chi connectivity index (χ3n) is 4.48. The molecule has 1 aromatic heterocycles. The highest BCUT2D eigenvalue weighted by Gasteiger charge is 2.36. The van der Waals surface area contributed by atoms with Crippen LogP contribution in [-0.4, -0.2) is 32.8 Å². The molecule has 0 bridgehead atoms. The summed E-state index contributed by atoms with van der Waals surface area (Å²) in [4.78, 5) is 23.6. The molecule has 0 spiro atoms. The van der Waals surface area contributed by atoms with E-state index >= 15 is 0 Å². The number of hydrogen-bond acceptors (Lipinski definition) is 4. The standard InChI is InChI=1S/C23H33F4N3O3/c1-9-14(2)10-16(11-17(24)15(3)31)18-12-19(23(25,26)27)29-30(18)13-22(7,8)28-20(32)33-21(4,5)6/h10-12,14H,9,13H2,1-8H3,(H,28,32)/b16-10+,17-11+. The van der Waals surface area contributed by atoms with E-state index < -0.39 is 40.7 Å². The Morgan fingerprint density at radius 3 is 2.24 bits per heavy atom. The SMILES string of the molecule is CCC(C)/C=C(\C=C(\F)C(C)=O)c1cc(C(F)(F)F)nn1CC(C)(C)NC(=O)OC(C)(C)C. The molecule has 0 saturated heterocycles. The zero-order valence-corrected chi connectivity index (χ0v) is 20.4. The van der Waals surface area contributed by atoms with E-state index in [-0.39, 0.29) is 23.7 Å². The fraction of sp³-hybridized carbons (Fsp3) is 0.609. The van der Waals surface area contributed by atoms with Gasteiger partial charge in [-0.2, -0.15) is 18.3 Å². The average molecular weight is 476 g/mol. The molecule has 0 saturated carbocycles. The van der Waals surface area contributed by atoms with E-state index in [2.05, 4.69) is 10.4 Å². The van der Waals surface area contributed by atoms with Crippen LogP contribution in [0.25, 0.3) is 5.57 Å². The van der Waals surface area contributed by atoms with Gasteiger partial charge in [0, 0.05) is 6.92 Å². The van der Waals surface area contributed by atoms with Crippen molar-refractivity contribution in [3.05, 3.63) is 35.4 Å². The molecular formula is C23H33F4N3O3. The Bertz CT molecular complexity index is 922. The molecule has 0 aromatic carbocycles. The van der Waals surface area contributed by atoms with Crippen LogP contribution in [0.4, 0.5) is 22.4 Å². The molecule has 0 radical (unpaired) electrons. The van der Waals surface area contributed by atoms with E-state index in [0.29, 0.717) is 6.42 Å². The number of aromatic nitrogens is 2. The lowest BCUT2D eigenvalue weighted by Crippen LogP contribution is -2.48. The molecule has 0 aliphatic heterocycles. The number of hydrogen-bond donors (Lipinski definition) is 1. The summed E-state index contributed by atoms with van der Waals surface area (Å²) in [6.07, 6.45) is -2.34. The summed E-state index contributed by atoms with van der Waals surface area (Å²) >= 11 is 0. The lowest BCUT2D eigenvalue weighted by atomic mass is 10.0. The Morgan fingerprint density at radius 1 is 1.21 bits per heavy atom. The van der Waals surface area contributed by atoms with Crippen LogP contribution in [0.3, 0.4) is 0 Å². The number of ether oxygens (including phenoxy) is 1. The van der Waals surface area contributed by atoms with Crippen molar-refractivity contribution >= 4 is 17.4 Å². The van der Waals surface area contributed by atoms with Gasteiger partial charge in [-0.1, -0.05) is 26.3 Å². The Morgan fingerprint density at radius 2 is 1.79 bits per heavy atom. The Kier molecular flexibility index (Phi) is 9.05. The quantitative estimate of drug-likeness (QED) is 0.281. The van der Waals surface area contributed by atoms with E-state index in [1.165, 1.54) is 0 Å². The second-order valence-corrected chi connectivity index (χ2v) is 9.64. The Labute approximate surface area is 192 Å². The van der Waals surface area contributed by atoms with Gasteiger partial charge in [0.15, 0.2) is 17.3 Å². The zero-order valence-electron chi connectivity index (χ0n) is 20.4. The molecule has 1 N–H and O–H groups in total. The summed E-state index contributed by atoms with van der Waals surface area (Å²) in [5.41, 5.74) is -2.94. The first-order valence-electron chi connectivity index (χ1n) is 10.6. The molecule has 0 aliphatic carbocycles. The predicted octanol–water partition coefficient (Wildman–Crippen LogP) is 6.08. The molecule has 0 aliphatic rings. The van der Waals surface area contributed by atoms with Crippen LogP contribution in [0, 0.1) is 5.92 Å². The fourth-order valence-electron chi connectivity index (χ4n) is 2.77. The molecule has 186 valence electrons. The molecule has 1 atom stereocenters. The number of carbonyl (C=O) groups excluding carboxylic acids is 2. The van der Waals surface area contributed by atoms with E-state index in [0.717, 1.165) is 23.7 Å². The minimum atomic E-state index is -4.74. The van der Waals surface area contributed by atoms with Gasteiger partial charge in [-0.3, -0.25) is 9.48 Å². The maximum atomic E-state index is 14.2. The molecule has 1 amide bonds. The van der Waals surface area contributed by atoms with Gasteiger partial charge in [-0.15, -0.1) is 0 Å². The van der Waals surface area contributed by atoms with Crippen molar-refractivity contribution in [3.8, 4) is 0 Å². The monoisotopic (exact) mass is 475 g/mol. The lowest BCUT2D eigenvalue weighted by Gasteiger charge is -2.29. The molecule has 1 aromatic rings. The van der Waals surface area contributed by atoms with Crippen molar-refractivity contribution in [3.63, 3.8) is 0 Å². The first kappa shape index (κ1) is 28.4. The largest absolute Gasteiger partial charge is 0.444 e. The second kappa shape index (κ2) is 10.5. The number of carbonyl (C=O) groups is 2. The molecule has 6 nitrogen and oxygen atoms in total. The normalized spacial score (nSPS) is 14.8. The van der Waals surface area contributed by atoms with Crippen LogP contribution in [0.5, 0.6) is 0 Å². The number of amides is 1. The van der Waals surface area contributed by atoms with Crippen molar-refractivity contribution in [1.29, 1.82) is 0 Å². The third-order valence-corrected chi connectivity index (χ3v) is 4.48. The lowest BCUT2D eigenvalue weighted by molar-refractivity contribution is -0.141. The van der Waals surface area contributed by atoms with Gasteiger partial charge in [0.05, 0.1) is 17.8 Å². The molecule has 1 heterocycles. The second-order valence-electron chi connectivity index (χ2n) is 9.64. The first-order chi connectivity index (χ1) is 14.8. The van der Waals surface area contributed by atoms with Gasteiger partial charge in [-0.05, 0) is 58.3 Å². The van der Waals surface area contributed by atoms with Gasteiger partial charge in [-0.25, -0.2) is 9.18 Å². The van der Waals surface area contributed by atoms with Crippen molar-refractivity contribution in [2.75, 3.05) is 0 Å². The van der Waals surface area contributed by atoms with Crippen molar-refractivity contribution in [2.24, 2.45) is 5.92 Å². The third kappa shape index (κ3) is 9.39. The number of rotatable bonds is 8. The van der Waals surface area contributed by atoms with Crippen LogP contribution in [0.2, 0.25) is 0 Å². The topological polar surface area (TPSA) is 73.2 Å². The number of Topliss-reactive ketones (excluding diaryl/α,β-unsaturated/α-hetero) is 1. The minimum Gasteiger partial charge on any atom is -0.444 e. The summed E-state index contributed by atoms with van der Waals surface area (Å²) in [5.74, 6) is -2.04. The van der Waals surface area contributed by atoms with Crippen LogP contribution < -0.4 is 5.32 Å². The zero-order chi connectivity index (χ0) is 25.8. The Balaban J connectivity index is 3.53. The smallest absolute Gasteiger partial charge is 0.435 e. The number of allylic oxidation sites excluding steroid dienone is 4. The van der Waals surface area contributed by atoms with Gasteiger partial charge < -0.3 is 10.1 Å². The van der Waals surface area contributed by atoms with Crippen LogP contribution >= 0.6 is 0 Å². The van der Waals surface area contributed by atoms with Gasteiger partial charge in [0.1, 0.15) is 5.60 Å². The molecule has 1 unspecified atom stereocenters. The van der Waals surface area contributed by atoms with Crippen LogP contribution in [-0.2, 0) is 22.3 Å². The highest BCUT2D eigenvalue weighted by molar-refractivity contribution is 5.94. The highest BCUT2D eigenvalue weighted by Crippen LogP contribution is 2.32. The Hall–Kier alpha value is -2.65. The fourth-order valence-corrected chi connectivity index (χ4v) is 2.77. The van der Waals surface area contributed by atoms with E-state index in [1.54, 1.807) is 40.7 Å². The van der Waals surface area contributed by atoms with Crippen molar-refractivity contribution < 1.29 is 31.9 Å². The molecule has 0 fully saturated rings. The predicted molar refractivity (Wildman–Crippen MR) is 118 cm³/mol. The highest BCUT2D eigenvalue weighted by atomic mass is 19.4. The number of alkyl carbamates (subject to hydrolysis) is 1. The maximum absolute atomic E-state index is 14.2. The summed E-state index contributed by atoms with van der Waals surface area (Å²) in [7, 11) is 0. The first-order valence-corrected chi connectivity index (χ1v) is 10.6. The summed E-state index contributed by atoms with van der Waals surface area (Å²) in [6.45, 7) is 12.8. The number of halogens is 4. The average Bonchev–Trinajstić information content (AvgIpc) is 3.01. The number of nitrogens with one attached hydrogen (secondary N) is 1.